The van der Waals surface area contributed by atoms with E-state index in [1.807, 2.05) is 0 Å². The minimum absolute atomic E-state index is 0.0546. The SMILES string of the molecule is O=C(NC1(C(=O)O)CCCC1)c1nn(-c2cccc(F)c2F)c2c1CCC2. The highest BCUT2D eigenvalue weighted by Gasteiger charge is 2.43. The van der Waals surface area contributed by atoms with Crippen LogP contribution >= 0.6 is 0 Å². The number of benzene rings is 1. The van der Waals surface area contributed by atoms with Crippen LogP contribution in [-0.4, -0.2) is 32.3 Å². The average Bonchev–Trinajstić information content (AvgIpc) is 3.34. The molecule has 4 rings (SSSR count). The second-order valence-corrected chi connectivity index (χ2v) is 7.16. The summed E-state index contributed by atoms with van der Waals surface area (Å²) in [5.74, 6) is -3.65. The number of fused-ring (bicyclic) bond motifs is 1. The Morgan fingerprint density at radius 1 is 1.15 bits per heavy atom. The third kappa shape index (κ3) is 2.79. The summed E-state index contributed by atoms with van der Waals surface area (Å²) in [6.07, 6.45) is 4.16. The molecule has 8 heteroatoms. The van der Waals surface area contributed by atoms with E-state index in [-0.39, 0.29) is 11.4 Å². The lowest BCUT2D eigenvalue weighted by molar-refractivity contribution is -0.144. The number of rotatable bonds is 4. The number of hydrogen-bond acceptors (Lipinski definition) is 3. The van der Waals surface area contributed by atoms with Crippen LogP contribution in [0.5, 0.6) is 0 Å². The second kappa shape index (κ2) is 6.44. The Labute approximate surface area is 154 Å². The fraction of sp³-hybridized carbons (Fsp3) is 0.421. The van der Waals surface area contributed by atoms with Crippen LogP contribution in [0.3, 0.4) is 0 Å². The van der Waals surface area contributed by atoms with Gasteiger partial charge in [-0.1, -0.05) is 18.9 Å². The van der Waals surface area contributed by atoms with Gasteiger partial charge in [0.15, 0.2) is 17.3 Å². The minimum Gasteiger partial charge on any atom is -0.480 e. The molecule has 1 heterocycles. The highest BCUT2D eigenvalue weighted by Crippen LogP contribution is 2.32. The molecule has 0 saturated heterocycles. The van der Waals surface area contributed by atoms with E-state index >= 15 is 0 Å². The lowest BCUT2D eigenvalue weighted by Gasteiger charge is -2.24. The summed E-state index contributed by atoms with van der Waals surface area (Å²) in [4.78, 5) is 24.5. The number of nitrogens with zero attached hydrogens (tertiary/aromatic N) is 2. The van der Waals surface area contributed by atoms with Gasteiger partial charge in [0.2, 0.25) is 0 Å². The van der Waals surface area contributed by atoms with Crippen LogP contribution < -0.4 is 5.32 Å². The van der Waals surface area contributed by atoms with Crippen LogP contribution in [0.25, 0.3) is 5.69 Å². The zero-order valence-electron chi connectivity index (χ0n) is 14.6. The molecule has 1 fully saturated rings. The monoisotopic (exact) mass is 375 g/mol. The number of amides is 1. The fourth-order valence-corrected chi connectivity index (χ4v) is 4.12. The Bertz CT molecular complexity index is 933. The second-order valence-electron chi connectivity index (χ2n) is 7.16. The Kier molecular flexibility index (Phi) is 4.20. The minimum atomic E-state index is -1.28. The molecule has 2 aromatic rings. The molecule has 142 valence electrons. The number of aromatic nitrogens is 2. The lowest BCUT2D eigenvalue weighted by Crippen LogP contribution is -2.52. The average molecular weight is 375 g/mol. The van der Waals surface area contributed by atoms with Crippen molar-refractivity contribution in [1.82, 2.24) is 15.1 Å². The van der Waals surface area contributed by atoms with Gasteiger partial charge in [0.25, 0.3) is 5.91 Å². The first-order valence-electron chi connectivity index (χ1n) is 9.04. The van der Waals surface area contributed by atoms with Crippen molar-refractivity contribution in [2.75, 3.05) is 0 Å². The number of hydrogen-bond donors (Lipinski definition) is 2. The molecular formula is C19H19F2N3O3. The molecule has 0 aliphatic heterocycles. The van der Waals surface area contributed by atoms with Crippen LogP contribution in [0.4, 0.5) is 8.78 Å². The maximum absolute atomic E-state index is 14.2. The molecule has 0 unspecified atom stereocenters. The Balaban J connectivity index is 1.73. The van der Waals surface area contributed by atoms with Gasteiger partial charge in [-0.2, -0.15) is 5.10 Å². The van der Waals surface area contributed by atoms with E-state index in [9.17, 15) is 23.5 Å². The van der Waals surface area contributed by atoms with E-state index in [0.717, 1.165) is 25.3 Å². The maximum Gasteiger partial charge on any atom is 0.329 e. The molecule has 0 radical (unpaired) electrons. The van der Waals surface area contributed by atoms with Crippen molar-refractivity contribution in [1.29, 1.82) is 0 Å². The van der Waals surface area contributed by atoms with Crippen LogP contribution in [0.1, 0.15) is 53.8 Å². The van der Waals surface area contributed by atoms with Crippen LogP contribution in [0.15, 0.2) is 18.2 Å². The normalized spacial score (nSPS) is 17.7. The van der Waals surface area contributed by atoms with Gasteiger partial charge in [0.05, 0.1) is 0 Å². The van der Waals surface area contributed by atoms with E-state index in [0.29, 0.717) is 36.9 Å². The van der Waals surface area contributed by atoms with Gasteiger partial charge in [-0.25, -0.2) is 18.3 Å². The number of carbonyl (C=O) groups excluding carboxylic acids is 1. The Hall–Kier alpha value is -2.77. The zero-order chi connectivity index (χ0) is 19.2. The first-order valence-corrected chi connectivity index (χ1v) is 9.04. The van der Waals surface area contributed by atoms with Gasteiger partial charge in [-0.05, 0) is 44.2 Å². The third-order valence-corrected chi connectivity index (χ3v) is 5.52. The highest BCUT2D eigenvalue weighted by atomic mass is 19.2. The zero-order valence-corrected chi connectivity index (χ0v) is 14.6. The van der Waals surface area contributed by atoms with Crippen molar-refractivity contribution < 1.29 is 23.5 Å². The number of carbonyl (C=O) groups is 2. The summed E-state index contributed by atoms with van der Waals surface area (Å²) < 4.78 is 29.2. The number of nitrogens with one attached hydrogen (secondary N) is 1. The molecule has 2 aliphatic carbocycles. The molecule has 6 nitrogen and oxygen atoms in total. The highest BCUT2D eigenvalue weighted by molar-refractivity contribution is 5.98. The maximum atomic E-state index is 14.2. The standard InChI is InChI=1S/C19H19F2N3O3/c20-12-6-4-8-14(15(12)21)24-13-7-3-5-11(13)16(23-24)17(25)22-19(18(26)27)9-1-2-10-19/h4,6,8H,1-3,5,7,9-10H2,(H,22,25)(H,26,27). The summed E-state index contributed by atoms with van der Waals surface area (Å²) in [5.41, 5.74) is 0.103. The molecule has 2 aliphatic rings. The van der Waals surface area contributed by atoms with Crippen molar-refractivity contribution in [3.63, 3.8) is 0 Å². The van der Waals surface area contributed by atoms with Crippen molar-refractivity contribution in [3.8, 4) is 5.69 Å². The largest absolute Gasteiger partial charge is 0.480 e. The fourth-order valence-electron chi connectivity index (χ4n) is 4.12. The summed E-state index contributed by atoms with van der Waals surface area (Å²) in [7, 11) is 0. The first kappa shape index (κ1) is 17.6. The van der Waals surface area contributed by atoms with Crippen molar-refractivity contribution in [2.24, 2.45) is 0 Å². The van der Waals surface area contributed by atoms with E-state index in [1.165, 1.54) is 16.8 Å². The number of halogens is 2. The molecule has 1 aromatic heterocycles. The number of carboxylic acid groups (broad SMARTS) is 1. The van der Waals surface area contributed by atoms with Gasteiger partial charge >= 0.3 is 5.97 Å². The molecule has 1 amide bonds. The van der Waals surface area contributed by atoms with Gasteiger partial charge in [-0.15, -0.1) is 0 Å². The van der Waals surface area contributed by atoms with Gasteiger partial charge < -0.3 is 10.4 Å². The van der Waals surface area contributed by atoms with Crippen LogP contribution in [-0.2, 0) is 17.6 Å². The van der Waals surface area contributed by atoms with Crippen molar-refractivity contribution >= 4 is 11.9 Å². The molecule has 2 N–H and O–H groups in total. The Morgan fingerprint density at radius 3 is 2.59 bits per heavy atom. The molecule has 1 aromatic carbocycles. The predicted molar refractivity (Wildman–Crippen MR) is 91.8 cm³/mol. The molecule has 0 atom stereocenters. The molecule has 27 heavy (non-hydrogen) atoms. The molecular weight excluding hydrogens is 356 g/mol. The number of aliphatic carboxylic acids is 1. The van der Waals surface area contributed by atoms with Crippen LogP contribution in [0.2, 0.25) is 0 Å². The van der Waals surface area contributed by atoms with Crippen molar-refractivity contribution in [3.05, 3.63) is 46.8 Å². The third-order valence-electron chi connectivity index (χ3n) is 5.52. The Morgan fingerprint density at radius 2 is 1.89 bits per heavy atom. The molecule has 1 saturated carbocycles. The summed E-state index contributed by atoms with van der Waals surface area (Å²) in [6, 6.07) is 3.81. The summed E-state index contributed by atoms with van der Waals surface area (Å²) in [6.45, 7) is 0. The topological polar surface area (TPSA) is 84.2 Å². The summed E-state index contributed by atoms with van der Waals surface area (Å²) >= 11 is 0. The molecule has 0 bridgehead atoms. The van der Waals surface area contributed by atoms with E-state index < -0.39 is 29.0 Å². The van der Waals surface area contributed by atoms with Gasteiger partial charge in [0.1, 0.15) is 11.2 Å². The van der Waals surface area contributed by atoms with E-state index in [4.69, 9.17) is 0 Å². The lowest BCUT2D eigenvalue weighted by atomic mass is 9.97. The predicted octanol–water partition coefficient (Wildman–Crippen LogP) is 2.77. The number of carboxylic acids is 1. The summed E-state index contributed by atoms with van der Waals surface area (Å²) in [5, 5.41) is 16.5. The van der Waals surface area contributed by atoms with E-state index in [1.54, 1.807) is 0 Å². The van der Waals surface area contributed by atoms with Gasteiger partial charge in [0, 0.05) is 11.3 Å². The van der Waals surface area contributed by atoms with E-state index in [2.05, 4.69) is 10.4 Å². The molecule has 0 spiro atoms. The quantitative estimate of drug-likeness (QED) is 0.861. The van der Waals surface area contributed by atoms with Crippen LogP contribution in [0, 0.1) is 11.6 Å². The van der Waals surface area contributed by atoms with Gasteiger partial charge in [-0.3, -0.25) is 4.79 Å². The first-order chi connectivity index (χ1) is 12.9. The smallest absolute Gasteiger partial charge is 0.329 e. The van der Waals surface area contributed by atoms with Crippen molar-refractivity contribution in [2.45, 2.75) is 50.5 Å².